The van der Waals surface area contributed by atoms with Gasteiger partial charge in [-0.25, -0.2) is 12.8 Å². The standard InChI is InChI=1S/C26H27F4N3O4S/c1-38(36,37)16-6-8-20(31)18(12-16)25(35)33-21-9-4-14(21)10-22(33)24(34)32-23(13-2-3-13)17-7-5-15(11-19(17)27)26(28,29)30/h5-8,11-14,21-23H,2-4,9-10,31H2,1H3,(H,32,34)/t14-,21-,22-,23-/m1/s1. The third kappa shape index (κ3) is 4.85. The van der Waals surface area contributed by atoms with Crippen LogP contribution in [0.4, 0.5) is 23.2 Å². The Labute approximate surface area is 217 Å². The Kier molecular flexibility index (Phi) is 6.44. The number of halogens is 4. The van der Waals surface area contributed by atoms with Crippen molar-refractivity contribution >= 4 is 27.3 Å². The number of nitrogen functional groups attached to an aromatic ring is 1. The van der Waals surface area contributed by atoms with Crippen LogP contribution in [0.25, 0.3) is 0 Å². The minimum absolute atomic E-state index is 0.0224. The highest BCUT2D eigenvalue weighted by Crippen LogP contribution is 2.46. The van der Waals surface area contributed by atoms with Crippen molar-refractivity contribution in [3.05, 3.63) is 58.9 Å². The normalized spacial score (nSPS) is 23.9. The lowest BCUT2D eigenvalue weighted by Crippen LogP contribution is -2.51. The fourth-order valence-electron chi connectivity index (χ4n) is 5.52. The number of nitrogens with two attached hydrogens (primary N) is 1. The number of nitrogens with zero attached hydrogens (tertiary/aromatic N) is 1. The van der Waals surface area contributed by atoms with Gasteiger partial charge in [-0.2, -0.15) is 13.2 Å². The van der Waals surface area contributed by atoms with Crippen molar-refractivity contribution in [1.29, 1.82) is 0 Å². The lowest BCUT2D eigenvalue weighted by atomic mass is 9.80. The van der Waals surface area contributed by atoms with E-state index in [1.807, 2.05) is 0 Å². The Morgan fingerprint density at radius 2 is 1.79 bits per heavy atom. The van der Waals surface area contributed by atoms with E-state index in [1.165, 1.54) is 23.1 Å². The van der Waals surface area contributed by atoms with Crippen LogP contribution in [0.3, 0.4) is 0 Å². The van der Waals surface area contributed by atoms with Gasteiger partial charge in [-0.15, -0.1) is 0 Å². The monoisotopic (exact) mass is 553 g/mol. The molecule has 4 atom stereocenters. The van der Waals surface area contributed by atoms with Crippen LogP contribution >= 0.6 is 0 Å². The van der Waals surface area contributed by atoms with Crippen molar-refractivity contribution in [2.45, 2.75) is 61.3 Å². The molecule has 3 aliphatic rings. The first-order valence-corrected chi connectivity index (χ1v) is 14.2. The summed E-state index contributed by atoms with van der Waals surface area (Å²) in [6, 6.07) is 4.17. The van der Waals surface area contributed by atoms with Gasteiger partial charge in [-0.05, 0) is 74.3 Å². The van der Waals surface area contributed by atoms with E-state index in [0.29, 0.717) is 31.7 Å². The second kappa shape index (κ2) is 9.25. The number of rotatable bonds is 6. The highest BCUT2D eigenvalue weighted by atomic mass is 32.2. The van der Waals surface area contributed by atoms with Crippen LogP contribution in [0.1, 0.15) is 59.6 Å². The van der Waals surface area contributed by atoms with Crippen LogP contribution in [-0.2, 0) is 20.8 Å². The van der Waals surface area contributed by atoms with E-state index >= 15 is 0 Å². The molecule has 204 valence electrons. The summed E-state index contributed by atoms with van der Waals surface area (Å²) in [4.78, 5) is 28.5. The summed E-state index contributed by atoms with van der Waals surface area (Å²) in [7, 11) is -3.62. The molecule has 1 saturated heterocycles. The van der Waals surface area contributed by atoms with Crippen LogP contribution in [0.5, 0.6) is 0 Å². The highest BCUT2D eigenvalue weighted by Gasteiger charge is 2.52. The molecule has 2 aliphatic carbocycles. The van der Waals surface area contributed by atoms with Gasteiger partial charge in [-0.1, -0.05) is 6.07 Å². The molecule has 3 N–H and O–H groups in total. The quantitative estimate of drug-likeness (QED) is 0.414. The van der Waals surface area contributed by atoms with E-state index in [-0.39, 0.29) is 39.6 Å². The summed E-state index contributed by atoms with van der Waals surface area (Å²) < 4.78 is 78.0. The molecule has 0 radical (unpaired) electrons. The van der Waals surface area contributed by atoms with E-state index in [2.05, 4.69) is 5.32 Å². The number of carbonyl (C=O) groups excluding carboxylic acids is 2. The molecule has 1 aliphatic heterocycles. The molecule has 2 amide bonds. The SMILES string of the molecule is CS(=O)(=O)c1ccc(N)c(C(=O)N2[C@@H](C(=O)N[C@@H](c3ccc(C(F)(F)F)cc3F)C3CC3)C[C@H]3CC[C@H]32)c1. The van der Waals surface area contributed by atoms with E-state index < -0.39 is 51.3 Å². The third-order valence-electron chi connectivity index (χ3n) is 7.87. The molecule has 38 heavy (non-hydrogen) atoms. The van der Waals surface area contributed by atoms with Crippen LogP contribution in [0.2, 0.25) is 0 Å². The van der Waals surface area contributed by atoms with Crippen molar-refractivity contribution in [3.8, 4) is 0 Å². The minimum Gasteiger partial charge on any atom is -0.398 e. The predicted octanol–water partition coefficient (Wildman–Crippen LogP) is 4.09. The number of nitrogens with one attached hydrogen (secondary N) is 1. The number of hydrogen-bond donors (Lipinski definition) is 2. The van der Waals surface area contributed by atoms with Crippen molar-refractivity contribution in [2.75, 3.05) is 12.0 Å². The van der Waals surface area contributed by atoms with Crippen LogP contribution in [0.15, 0.2) is 41.3 Å². The van der Waals surface area contributed by atoms with Gasteiger partial charge in [-0.3, -0.25) is 9.59 Å². The molecule has 2 aromatic carbocycles. The van der Waals surface area contributed by atoms with Crippen LogP contribution in [0, 0.1) is 17.7 Å². The van der Waals surface area contributed by atoms with Gasteiger partial charge in [0.2, 0.25) is 5.91 Å². The summed E-state index contributed by atoms with van der Waals surface area (Å²) in [5.41, 5.74) is 4.93. The topological polar surface area (TPSA) is 110 Å². The molecule has 1 heterocycles. The Balaban J connectivity index is 1.42. The van der Waals surface area contributed by atoms with Gasteiger partial charge >= 0.3 is 6.18 Å². The number of hydrogen-bond acceptors (Lipinski definition) is 5. The number of carbonyl (C=O) groups is 2. The van der Waals surface area contributed by atoms with Crippen molar-refractivity contribution in [1.82, 2.24) is 10.2 Å². The van der Waals surface area contributed by atoms with E-state index in [1.54, 1.807) is 0 Å². The zero-order chi connectivity index (χ0) is 27.6. The van der Waals surface area contributed by atoms with E-state index in [0.717, 1.165) is 24.8 Å². The second-order valence-corrected chi connectivity index (χ2v) is 12.5. The van der Waals surface area contributed by atoms with Crippen molar-refractivity contribution in [3.63, 3.8) is 0 Å². The van der Waals surface area contributed by atoms with Crippen LogP contribution in [-0.4, -0.2) is 43.5 Å². The molecule has 3 fully saturated rings. The maximum atomic E-state index is 14.8. The van der Waals surface area contributed by atoms with Crippen molar-refractivity contribution in [2.24, 2.45) is 11.8 Å². The third-order valence-corrected chi connectivity index (χ3v) is 8.98. The van der Waals surface area contributed by atoms with Crippen LogP contribution < -0.4 is 11.1 Å². The number of sulfone groups is 1. The zero-order valence-electron chi connectivity index (χ0n) is 20.5. The average Bonchev–Trinajstić information content (AvgIpc) is 3.61. The maximum absolute atomic E-state index is 14.8. The number of fused-ring (bicyclic) bond motifs is 1. The molecule has 0 aromatic heterocycles. The number of benzene rings is 2. The minimum atomic E-state index is -4.70. The number of amides is 2. The molecule has 0 unspecified atom stereocenters. The lowest BCUT2D eigenvalue weighted by molar-refractivity contribution is -0.137. The Hall–Kier alpha value is -3.15. The number of likely N-dealkylation sites (tertiary alicyclic amines) is 1. The predicted molar refractivity (Wildman–Crippen MR) is 130 cm³/mol. The Morgan fingerprint density at radius 3 is 2.34 bits per heavy atom. The first-order chi connectivity index (χ1) is 17.8. The smallest absolute Gasteiger partial charge is 0.398 e. The molecule has 5 rings (SSSR count). The molecule has 2 aromatic rings. The molecular formula is C26H27F4N3O4S. The number of anilines is 1. The summed E-state index contributed by atoms with van der Waals surface area (Å²) in [6.07, 6.45) is -0.461. The highest BCUT2D eigenvalue weighted by molar-refractivity contribution is 7.90. The fourth-order valence-corrected chi connectivity index (χ4v) is 6.17. The first-order valence-electron chi connectivity index (χ1n) is 12.3. The maximum Gasteiger partial charge on any atom is 0.416 e. The van der Waals surface area contributed by atoms with Gasteiger partial charge < -0.3 is 16.0 Å². The molecule has 12 heteroatoms. The molecule has 2 saturated carbocycles. The van der Waals surface area contributed by atoms with E-state index in [9.17, 15) is 35.6 Å². The number of alkyl halides is 3. The zero-order valence-corrected chi connectivity index (χ0v) is 21.3. The van der Waals surface area contributed by atoms with Crippen molar-refractivity contribution < 1.29 is 35.6 Å². The Morgan fingerprint density at radius 1 is 1.08 bits per heavy atom. The lowest BCUT2D eigenvalue weighted by Gasteiger charge is -2.37. The van der Waals surface area contributed by atoms with Gasteiger partial charge in [0.15, 0.2) is 9.84 Å². The summed E-state index contributed by atoms with van der Waals surface area (Å²) in [5, 5.41) is 2.81. The summed E-state index contributed by atoms with van der Waals surface area (Å²) >= 11 is 0. The first kappa shape index (κ1) is 26.5. The molecule has 7 nitrogen and oxygen atoms in total. The molecular weight excluding hydrogens is 526 g/mol. The molecule has 0 bridgehead atoms. The van der Waals surface area contributed by atoms with Gasteiger partial charge in [0, 0.05) is 23.5 Å². The van der Waals surface area contributed by atoms with E-state index in [4.69, 9.17) is 5.73 Å². The largest absolute Gasteiger partial charge is 0.416 e. The fraction of sp³-hybridized carbons (Fsp3) is 0.462. The molecule has 0 spiro atoms. The summed E-state index contributed by atoms with van der Waals surface area (Å²) in [6.45, 7) is 0. The Bertz CT molecular complexity index is 1410. The van der Waals surface area contributed by atoms with Gasteiger partial charge in [0.05, 0.1) is 22.1 Å². The van der Waals surface area contributed by atoms with Gasteiger partial charge in [0.25, 0.3) is 5.91 Å². The average molecular weight is 554 g/mol. The second-order valence-electron chi connectivity index (χ2n) is 10.4. The summed E-state index contributed by atoms with van der Waals surface area (Å²) in [5.74, 6) is -2.20. The van der Waals surface area contributed by atoms with Gasteiger partial charge in [0.1, 0.15) is 11.9 Å².